The molecule has 5 rings (SSSR count). The van der Waals surface area contributed by atoms with Crippen LogP contribution in [-0.4, -0.2) is 0 Å². The van der Waals surface area contributed by atoms with Crippen LogP contribution in [0, 0.1) is 0 Å². The molecule has 0 saturated heterocycles. The average molecular weight is 361 g/mol. The van der Waals surface area contributed by atoms with Crippen LogP contribution in [0.3, 0.4) is 0 Å². The van der Waals surface area contributed by atoms with Crippen molar-refractivity contribution < 1.29 is 0 Å². The van der Waals surface area contributed by atoms with E-state index in [4.69, 9.17) is 0 Å². The van der Waals surface area contributed by atoms with Gasteiger partial charge in [0.05, 0.1) is 0 Å². The molecule has 0 atom stereocenters. The molecule has 0 N–H and O–H groups in total. The van der Waals surface area contributed by atoms with E-state index in [9.17, 15) is 0 Å². The van der Waals surface area contributed by atoms with Crippen LogP contribution >= 0.6 is 0 Å². The molecule has 0 radical (unpaired) electrons. The van der Waals surface area contributed by atoms with Gasteiger partial charge in [-0.05, 0) is 72.6 Å². The van der Waals surface area contributed by atoms with Gasteiger partial charge in [-0.3, -0.25) is 0 Å². The molecule has 0 heterocycles. The molecule has 0 bridgehead atoms. The summed E-state index contributed by atoms with van der Waals surface area (Å²) in [5, 5.41) is 7.80. The molecule has 0 aromatic heterocycles. The fraction of sp³-hybridized carbons (Fsp3) is 0.143. The van der Waals surface area contributed by atoms with Crippen molar-refractivity contribution in [1.82, 2.24) is 0 Å². The van der Waals surface area contributed by atoms with Crippen LogP contribution in [0.25, 0.3) is 43.4 Å². The van der Waals surface area contributed by atoms with Gasteiger partial charge in [-0.1, -0.05) is 93.6 Å². The van der Waals surface area contributed by atoms with E-state index >= 15 is 0 Å². The van der Waals surface area contributed by atoms with E-state index in [0.29, 0.717) is 0 Å². The Hall–Kier alpha value is -3.12. The van der Waals surface area contributed by atoms with Gasteiger partial charge in [0, 0.05) is 0 Å². The first-order valence-electron chi connectivity index (χ1n) is 9.96. The predicted molar refractivity (Wildman–Crippen MR) is 123 cm³/mol. The Kier molecular flexibility index (Phi) is 3.77. The van der Waals surface area contributed by atoms with E-state index in [1.807, 2.05) is 0 Å². The van der Waals surface area contributed by atoms with Crippen molar-refractivity contribution in [2.75, 3.05) is 0 Å². The molecular formula is C28H24. The minimum atomic E-state index is 0.0703. The summed E-state index contributed by atoms with van der Waals surface area (Å²) in [6.07, 6.45) is 0. The first-order chi connectivity index (χ1) is 13.5. The summed E-state index contributed by atoms with van der Waals surface area (Å²) >= 11 is 0. The lowest BCUT2D eigenvalue weighted by molar-refractivity contribution is 0.593. The number of hydrogen-bond acceptors (Lipinski definition) is 0. The van der Waals surface area contributed by atoms with E-state index in [1.165, 1.54) is 49.0 Å². The van der Waals surface area contributed by atoms with Crippen LogP contribution in [0.4, 0.5) is 0 Å². The fourth-order valence-electron chi connectivity index (χ4n) is 4.29. The molecule has 0 spiro atoms. The third-order valence-electron chi connectivity index (χ3n) is 5.73. The highest BCUT2D eigenvalue weighted by Crippen LogP contribution is 2.40. The number of fused-ring (bicyclic) bond motifs is 3. The minimum Gasteiger partial charge on any atom is -0.0616 e. The van der Waals surface area contributed by atoms with Gasteiger partial charge in [0.15, 0.2) is 0 Å². The summed E-state index contributed by atoms with van der Waals surface area (Å²) in [5.41, 5.74) is 4.12. The summed E-state index contributed by atoms with van der Waals surface area (Å²) in [6.45, 7) is 6.92. The summed E-state index contributed by atoms with van der Waals surface area (Å²) in [6, 6.07) is 33.4. The Morgan fingerprint density at radius 3 is 1.75 bits per heavy atom. The largest absolute Gasteiger partial charge is 0.0616 e. The second-order valence-corrected chi connectivity index (χ2v) is 8.72. The lowest BCUT2D eigenvalue weighted by Crippen LogP contribution is -2.13. The highest BCUT2D eigenvalue weighted by atomic mass is 14.2. The zero-order valence-corrected chi connectivity index (χ0v) is 16.7. The maximum absolute atomic E-state index is 2.37. The Labute approximate surface area is 166 Å². The topological polar surface area (TPSA) is 0 Å². The van der Waals surface area contributed by atoms with Crippen molar-refractivity contribution >= 4 is 32.3 Å². The van der Waals surface area contributed by atoms with Crippen molar-refractivity contribution in [1.29, 1.82) is 0 Å². The minimum absolute atomic E-state index is 0.0703. The zero-order valence-electron chi connectivity index (χ0n) is 16.7. The van der Waals surface area contributed by atoms with Gasteiger partial charge in [-0.15, -0.1) is 0 Å². The molecule has 0 amide bonds. The number of hydrogen-bond donors (Lipinski definition) is 0. The van der Waals surface area contributed by atoms with Crippen LogP contribution in [0.1, 0.15) is 26.3 Å². The first-order valence-corrected chi connectivity index (χ1v) is 9.96. The number of benzene rings is 5. The maximum atomic E-state index is 2.37. The molecule has 0 saturated carbocycles. The van der Waals surface area contributed by atoms with Gasteiger partial charge in [0.25, 0.3) is 0 Å². The van der Waals surface area contributed by atoms with Crippen LogP contribution in [-0.2, 0) is 5.41 Å². The van der Waals surface area contributed by atoms with E-state index < -0.39 is 0 Å². The van der Waals surface area contributed by atoms with Crippen molar-refractivity contribution in [2.45, 2.75) is 26.2 Å². The van der Waals surface area contributed by atoms with Gasteiger partial charge < -0.3 is 0 Å². The zero-order chi connectivity index (χ0) is 19.3. The Bertz CT molecular complexity index is 1330. The van der Waals surface area contributed by atoms with Crippen molar-refractivity contribution in [2.24, 2.45) is 0 Å². The molecule has 0 heteroatoms. The third-order valence-corrected chi connectivity index (χ3v) is 5.73. The lowest BCUT2D eigenvalue weighted by atomic mass is 9.79. The van der Waals surface area contributed by atoms with Gasteiger partial charge >= 0.3 is 0 Å². The van der Waals surface area contributed by atoms with Gasteiger partial charge in [0.1, 0.15) is 0 Å². The Morgan fingerprint density at radius 2 is 1.07 bits per heavy atom. The maximum Gasteiger partial charge on any atom is -0.00675 e. The predicted octanol–water partition coefficient (Wildman–Crippen LogP) is 8.11. The monoisotopic (exact) mass is 360 g/mol. The highest BCUT2D eigenvalue weighted by molar-refractivity contribution is 6.07. The Balaban J connectivity index is 1.91. The van der Waals surface area contributed by atoms with Gasteiger partial charge in [-0.25, -0.2) is 0 Å². The molecule has 5 aromatic carbocycles. The quantitative estimate of drug-likeness (QED) is 0.265. The molecular weight excluding hydrogens is 336 g/mol. The second kappa shape index (κ2) is 6.21. The lowest BCUT2D eigenvalue weighted by Gasteiger charge is -2.25. The standard InChI is InChI=1S/C28H24/c1-28(2,3)26-15-14-23-16-21-10-6-7-11-22(21)18-25(23)27(26)24-13-12-19-8-4-5-9-20(19)17-24/h4-18H,1-3H3. The van der Waals surface area contributed by atoms with Gasteiger partial charge in [0.2, 0.25) is 0 Å². The van der Waals surface area contributed by atoms with E-state index in [2.05, 4.69) is 112 Å². The summed E-state index contributed by atoms with van der Waals surface area (Å²) < 4.78 is 0. The molecule has 0 nitrogen and oxygen atoms in total. The van der Waals surface area contributed by atoms with Crippen molar-refractivity contribution in [3.05, 3.63) is 96.6 Å². The Morgan fingerprint density at radius 1 is 0.500 bits per heavy atom. The molecule has 28 heavy (non-hydrogen) atoms. The average Bonchev–Trinajstić information content (AvgIpc) is 2.70. The van der Waals surface area contributed by atoms with Gasteiger partial charge in [-0.2, -0.15) is 0 Å². The molecule has 5 aromatic rings. The van der Waals surface area contributed by atoms with E-state index in [0.717, 1.165) is 0 Å². The smallest absolute Gasteiger partial charge is 0.00675 e. The molecule has 0 fully saturated rings. The molecule has 0 aliphatic heterocycles. The molecule has 136 valence electrons. The SMILES string of the molecule is CC(C)(C)c1ccc2cc3ccccc3cc2c1-c1ccc2ccccc2c1. The van der Waals surface area contributed by atoms with Crippen LogP contribution < -0.4 is 0 Å². The normalized spacial score (nSPS) is 12.1. The second-order valence-electron chi connectivity index (χ2n) is 8.72. The summed E-state index contributed by atoms with van der Waals surface area (Å²) in [5.74, 6) is 0. The summed E-state index contributed by atoms with van der Waals surface area (Å²) in [7, 11) is 0. The number of rotatable bonds is 1. The first kappa shape index (κ1) is 17.0. The van der Waals surface area contributed by atoms with Crippen LogP contribution in [0.2, 0.25) is 0 Å². The van der Waals surface area contributed by atoms with Crippen LogP contribution in [0.5, 0.6) is 0 Å². The fourth-order valence-corrected chi connectivity index (χ4v) is 4.29. The molecule has 0 aliphatic carbocycles. The van der Waals surface area contributed by atoms with Crippen molar-refractivity contribution in [3.8, 4) is 11.1 Å². The molecule has 0 unspecified atom stereocenters. The van der Waals surface area contributed by atoms with E-state index in [1.54, 1.807) is 0 Å². The van der Waals surface area contributed by atoms with Crippen LogP contribution in [0.15, 0.2) is 91.0 Å². The van der Waals surface area contributed by atoms with Crippen molar-refractivity contribution in [3.63, 3.8) is 0 Å². The molecule has 0 aliphatic rings. The highest BCUT2D eigenvalue weighted by Gasteiger charge is 2.21. The summed E-state index contributed by atoms with van der Waals surface area (Å²) in [4.78, 5) is 0. The van der Waals surface area contributed by atoms with E-state index in [-0.39, 0.29) is 5.41 Å². The third kappa shape index (κ3) is 2.77.